The SMILES string of the molecule is CCc1cc(Cc2sc(N)nc2C)ccc1C. The topological polar surface area (TPSA) is 38.9 Å². The van der Waals surface area contributed by atoms with Crippen LogP contribution in [0, 0.1) is 13.8 Å². The van der Waals surface area contributed by atoms with Crippen LogP contribution in [0.3, 0.4) is 0 Å². The fourth-order valence-corrected chi connectivity index (χ4v) is 2.88. The molecule has 1 aromatic heterocycles. The van der Waals surface area contributed by atoms with Crippen molar-refractivity contribution in [3.63, 3.8) is 0 Å². The Morgan fingerprint density at radius 2 is 2.06 bits per heavy atom. The van der Waals surface area contributed by atoms with Crippen molar-refractivity contribution in [1.29, 1.82) is 0 Å². The summed E-state index contributed by atoms with van der Waals surface area (Å²) in [6.45, 7) is 6.39. The van der Waals surface area contributed by atoms with Crippen molar-refractivity contribution in [2.45, 2.75) is 33.6 Å². The maximum absolute atomic E-state index is 5.72. The van der Waals surface area contributed by atoms with Crippen LogP contribution in [-0.4, -0.2) is 4.98 Å². The smallest absolute Gasteiger partial charge is 0.180 e. The van der Waals surface area contributed by atoms with Crippen LogP contribution in [0.2, 0.25) is 0 Å². The first kappa shape index (κ1) is 12.1. The van der Waals surface area contributed by atoms with Gasteiger partial charge in [0.15, 0.2) is 5.13 Å². The lowest BCUT2D eigenvalue weighted by Crippen LogP contribution is -1.92. The van der Waals surface area contributed by atoms with E-state index in [0.717, 1.165) is 18.5 Å². The summed E-state index contributed by atoms with van der Waals surface area (Å²) in [5, 5.41) is 0.667. The van der Waals surface area contributed by atoms with Gasteiger partial charge in [-0.3, -0.25) is 0 Å². The molecule has 0 atom stereocenters. The molecule has 1 heterocycles. The third-order valence-corrected chi connectivity index (χ3v) is 4.05. The number of aromatic nitrogens is 1. The summed E-state index contributed by atoms with van der Waals surface area (Å²) in [5.74, 6) is 0. The minimum atomic E-state index is 0.667. The molecule has 0 bridgehead atoms. The highest BCUT2D eigenvalue weighted by atomic mass is 32.1. The van der Waals surface area contributed by atoms with Gasteiger partial charge in [0.25, 0.3) is 0 Å². The van der Waals surface area contributed by atoms with Crippen LogP contribution < -0.4 is 5.73 Å². The third-order valence-electron chi connectivity index (χ3n) is 3.07. The van der Waals surface area contributed by atoms with Gasteiger partial charge in [-0.25, -0.2) is 4.98 Å². The first-order valence-corrected chi connectivity index (χ1v) is 6.72. The molecule has 1 aromatic carbocycles. The van der Waals surface area contributed by atoms with Crippen LogP contribution in [0.5, 0.6) is 0 Å². The number of nitrogen functional groups attached to an aromatic ring is 1. The van der Waals surface area contributed by atoms with Gasteiger partial charge in [-0.15, -0.1) is 11.3 Å². The Kier molecular flexibility index (Phi) is 3.48. The Morgan fingerprint density at radius 3 is 2.65 bits per heavy atom. The van der Waals surface area contributed by atoms with E-state index in [2.05, 4.69) is 37.0 Å². The zero-order chi connectivity index (χ0) is 12.4. The second-order valence-corrected chi connectivity index (χ2v) is 5.47. The summed E-state index contributed by atoms with van der Waals surface area (Å²) < 4.78 is 0. The molecule has 90 valence electrons. The molecule has 0 fully saturated rings. The summed E-state index contributed by atoms with van der Waals surface area (Å²) in [7, 11) is 0. The minimum Gasteiger partial charge on any atom is -0.375 e. The average molecular weight is 246 g/mol. The summed E-state index contributed by atoms with van der Waals surface area (Å²) >= 11 is 1.59. The molecule has 0 unspecified atom stereocenters. The Morgan fingerprint density at radius 1 is 1.29 bits per heavy atom. The Balaban J connectivity index is 2.27. The predicted octanol–water partition coefficient (Wildman–Crippen LogP) is 3.50. The molecule has 2 rings (SSSR count). The molecule has 2 aromatic rings. The van der Waals surface area contributed by atoms with Gasteiger partial charge in [0.1, 0.15) is 0 Å². The molecule has 0 spiro atoms. The zero-order valence-electron chi connectivity index (χ0n) is 10.6. The van der Waals surface area contributed by atoms with Gasteiger partial charge in [0.05, 0.1) is 5.69 Å². The predicted molar refractivity (Wildman–Crippen MR) is 74.6 cm³/mol. The lowest BCUT2D eigenvalue weighted by atomic mass is 10.0. The van der Waals surface area contributed by atoms with Crippen molar-refractivity contribution in [3.05, 3.63) is 45.5 Å². The third kappa shape index (κ3) is 2.67. The molecule has 3 heteroatoms. The van der Waals surface area contributed by atoms with E-state index in [-0.39, 0.29) is 0 Å². The number of thiazole rings is 1. The van der Waals surface area contributed by atoms with Gasteiger partial charge in [0, 0.05) is 11.3 Å². The highest BCUT2D eigenvalue weighted by Crippen LogP contribution is 2.24. The summed E-state index contributed by atoms with van der Waals surface area (Å²) in [5.41, 5.74) is 10.9. The largest absolute Gasteiger partial charge is 0.375 e. The van der Waals surface area contributed by atoms with Crippen LogP contribution in [-0.2, 0) is 12.8 Å². The molecule has 0 aliphatic heterocycles. The fourth-order valence-electron chi connectivity index (χ4n) is 2.02. The molecule has 17 heavy (non-hydrogen) atoms. The number of nitrogens with two attached hydrogens (primary N) is 1. The second-order valence-electron chi connectivity index (χ2n) is 4.35. The first-order valence-electron chi connectivity index (χ1n) is 5.90. The van der Waals surface area contributed by atoms with E-state index in [1.54, 1.807) is 11.3 Å². The molecule has 0 aliphatic rings. The van der Waals surface area contributed by atoms with Crippen molar-refractivity contribution in [1.82, 2.24) is 4.98 Å². The van der Waals surface area contributed by atoms with E-state index in [4.69, 9.17) is 5.73 Å². The average Bonchev–Trinajstić information content (AvgIpc) is 2.60. The number of rotatable bonds is 3. The molecule has 2 N–H and O–H groups in total. The van der Waals surface area contributed by atoms with Crippen LogP contribution >= 0.6 is 11.3 Å². The van der Waals surface area contributed by atoms with Crippen LogP contribution in [0.25, 0.3) is 0 Å². The summed E-state index contributed by atoms with van der Waals surface area (Å²) in [6.07, 6.45) is 2.03. The van der Waals surface area contributed by atoms with Crippen LogP contribution in [0.1, 0.15) is 34.2 Å². The number of nitrogens with zero attached hydrogens (tertiary/aromatic N) is 1. The molecule has 0 saturated carbocycles. The highest BCUT2D eigenvalue weighted by molar-refractivity contribution is 7.15. The fraction of sp³-hybridized carbons (Fsp3) is 0.357. The quantitative estimate of drug-likeness (QED) is 0.900. The van der Waals surface area contributed by atoms with Gasteiger partial charge in [0.2, 0.25) is 0 Å². The van der Waals surface area contributed by atoms with E-state index in [0.29, 0.717) is 5.13 Å². The lowest BCUT2D eigenvalue weighted by molar-refractivity contribution is 1.08. The maximum atomic E-state index is 5.72. The van der Waals surface area contributed by atoms with Crippen molar-refractivity contribution in [2.24, 2.45) is 0 Å². The van der Waals surface area contributed by atoms with Crippen molar-refractivity contribution >= 4 is 16.5 Å². The molecular formula is C14H18N2S. The van der Waals surface area contributed by atoms with Crippen molar-refractivity contribution in [2.75, 3.05) is 5.73 Å². The summed E-state index contributed by atoms with van der Waals surface area (Å²) in [4.78, 5) is 5.54. The molecule has 0 amide bonds. The minimum absolute atomic E-state index is 0.667. The summed E-state index contributed by atoms with van der Waals surface area (Å²) in [6, 6.07) is 6.70. The molecule has 2 nitrogen and oxygen atoms in total. The molecule has 0 radical (unpaired) electrons. The van der Waals surface area contributed by atoms with E-state index in [9.17, 15) is 0 Å². The van der Waals surface area contributed by atoms with Crippen LogP contribution in [0.15, 0.2) is 18.2 Å². The highest BCUT2D eigenvalue weighted by Gasteiger charge is 2.07. The zero-order valence-corrected chi connectivity index (χ0v) is 11.4. The lowest BCUT2D eigenvalue weighted by Gasteiger charge is -2.06. The number of hydrogen-bond donors (Lipinski definition) is 1. The molecular weight excluding hydrogens is 228 g/mol. The monoisotopic (exact) mass is 246 g/mol. The van der Waals surface area contributed by atoms with Gasteiger partial charge in [-0.2, -0.15) is 0 Å². The van der Waals surface area contributed by atoms with Gasteiger partial charge >= 0.3 is 0 Å². The number of hydrogen-bond acceptors (Lipinski definition) is 3. The molecule has 0 saturated heterocycles. The standard InChI is InChI=1S/C14H18N2S/c1-4-12-7-11(6-5-9(12)2)8-13-10(3)16-14(15)17-13/h5-7H,4,8H2,1-3H3,(H2,15,16). The van der Waals surface area contributed by atoms with E-state index in [1.807, 2.05) is 6.92 Å². The Labute approximate surface area is 107 Å². The number of anilines is 1. The van der Waals surface area contributed by atoms with E-state index in [1.165, 1.54) is 21.6 Å². The van der Waals surface area contributed by atoms with Crippen molar-refractivity contribution in [3.8, 4) is 0 Å². The van der Waals surface area contributed by atoms with Crippen LogP contribution in [0.4, 0.5) is 5.13 Å². The van der Waals surface area contributed by atoms with Gasteiger partial charge in [-0.05, 0) is 37.0 Å². The Bertz CT molecular complexity index is 529. The normalized spacial score (nSPS) is 10.8. The molecule has 0 aliphatic carbocycles. The Hall–Kier alpha value is -1.35. The number of benzene rings is 1. The second kappa shape index (κ2) is 4.88. The first-order chi connectivity index (χ1) is 8.10. The maximum Gasteiger partial charge on any atom is 0.180 e. The van der Waals surface area contributed by atoms with Gasteiger partial charge in [-0.1, -0.05) is 25.1 Å². The van der Waals surface area contributed by atoms with E-state index >= 15 is 0 Å². The van der Waals surface area contributed by atoms with E-state index < -0.39 is 0 Å². The van der Waals surface area contributed by atoms with Gasteiger partial charge < -0.3 is 5.73 Å². The van der Waals surface area contributed by atoms with Crippen molar-refractivity contribution < 1.29 is 0 Å². The number of aryl methyl sites for hydroxylation is 3.